The predicted octanol–water partition coefficient (Wildman–Crippen LogP) is -0.376. The second-order valence-corrected chi connectivity index (χ2v) is 3.47. The van der Waals surface area contributed by atoms with Gasteiger partial charge in [0.1, 0.15) is 0 Å². The van der Waals surface area contributed by atoms with Crippen LogP contribution < -0.4 is 11.1 Å². The summed E-state index contributed by atoms with van der Waals surface area (Å²) in [7, 11) is 0. The normalized spacial score (nSPS) is 31.1. The smallest absolute Gasteiger partial charge is 0.156 e. The van der Waals surface area contributed by atoms with Gasteiger partial charge in [0.15, 0.2) is 5.84 Å². The molecule has 1 saturated carbocycles. The molecular formula is C8H17N3O2. The Morgan fingerprint density at radius 2 is 2.31 bits per heavy atom. The van der Waals surface area contributed by atoms with Gasteiger partial charge in [-0.1, -0.05) is 12.1 Å². The molecule has 0 spiro atoms. The SMILES string of the molecule is CCC(NC1CC(O)C1)C(N)=NO. The highest BCUT2D eigenvalue weighted by Gasteiger charge is 2.29. The summed E-state index contributed by atoms with van der Waals surface area (Å²) in [6.45, 7) is 1.96. The fraction of sp³-hybridized carbons (Fsp3) is 0.875. The Hall–Kier alpha value is -0.810. The van der Waals surface area contributed by atoms with Crippen LogP contribution in [0.15, 0.2) is 5.16 Å². The van der Waals surface area contributed by atoms with Crippen molar-refractivity contribution in [1.29, 1.82) is 0 Å². The van der Waals surface area contributed by atoms with E-state index in [1.165, 1.54) is 0 Å². The first-order chi connectivity index (χ1) is 6.17. The molecule has 13 heavy (non-hydrogen) atoms. The third-order valence-electron chi connectivity index (χ3n) is 2.43. The molecule has 1 aliphatic carbocycles. The molecule has 1 fully saturated rings. The summed E-state index contributed by atoms with van der Waals surface area (Å²) in [6.07, 6.45) is 2.12. The maximum atomic E-state index is 9.05. The standard InChI is InChI=1S/C8H17N3O2/c1-2-7(8(9)11-13)10-5-3-6(12)4-5/h5-7,10,12-13H,2-4H2,1H3,(H2,9,11). The molecule has 0 aliphatic heterocycles. The van der Waals surface area contributed by atoms with Crippen molar-refractivity contribution < 1.29 is 10.3 Å². The first-order valence-corrected chi connectivity index (χ1v) is 4.58. The minimum atomic E-state index is -0.178. The topological polar surface area (TPSA) is 90.9 Å². The van der Waals surface area contributed by atoms with E-state index >= 15 is 0 Å². The lowest BCUT2D eigenvalue weighted by Gasteiger charge is -2.34. The van der Waals surface area contributed by atoms with Gasteiger partial charge in [-0.25, -0.2) is 0 Å². The molecule has 0 saturated heterocycles. The fourth-order valence-corrected chi connectivity index (χ4v) is 1.49. The van der Waals surface area contributed by atoms with Crippen molar-refractivity contribution in [2.45, 2.75) is 44.4 Å². The molecule has 5 heteroatoms. The number of nitrogens with zero attached hydrogens (tertiary/aromatic N) is 1. The van der Waals surface area contributed by atoms with Crippen LogP contribution in [-0.2, 0) is 0 Å². The molecule has 5 N–H and O–H groups in total. The largest absolute Gasteiger partial charge is 0.409 e. The lowest BCUT2D eigenvalue weighted by molar-refractivity contribution is 0.0604. The van der Waals surface area contributed by atoms with Gasteiger partial charge in [-0.05, 0) is 19.3 Å². The molecular weight excluding hydrogens is 170 g/mol. The predicted molar refractivity (Wildman–Crippen MR) is 49.7 cm³/mol. The van der Waals surface area contributed by atoms with Crippen LogP contribution in [0.3, 0.4) is 0 Å². The lowest BCUT2D eigenvalue weighted by atomic mass is 9.88. The zero-order valence-corrected chi connectivity index (χ0v) is 7.77. The van der Waals surface area contributed by atoms with Gasteiger partial charge >= 0.3 is 0 Å². The van der Waals surface area contributed by atoms with Crippen molar-refractivity contribution in [2.75, 3.05) is 0 Å². The van der Waals surface area contributed by atoms with Crippen LogP contribution in [0.5, 0.6) is 0 Å². The maximum Gasteiger partial charge on any atom is 0.156 e. The summed E-state index contributed by atoms with van der Waals surface area (Å²) in [5, 5.41) is 23.7. The number of aliphatic hydroxyl groups excluding tert-OH is 1. The number of amidine groups is 1. The molecule has 5 nitrogen and oxygen atoms in total. The fourth-order valence-electron chi connectivity index (χ4n) is 1.49. The number of nitrogens with one attached hydrogen (secondary N) is 1. The number of hydrogen-bond donors (Lipinski definition) is 4. The average molecular weight is 187 g/mol. The third kappa shape index (κ3) is 2.57. The van der Waals surface area contributed by atoms with Crippen LogP contribution in [0.25, 0.3) is 0 Å². The summed E-state index contributed by atoms with van der Waals surface area (Å²) >= 11 is 0. The van der Waals surface area contributed by atoms with E-state index in [-0.39, 0.29) is 18.0 Å². The van der Waals surface area contributed by atoms with E-state index in [0.717, 1.165) is 19.3 Å². The second-order valence-electron chi connectivity index (χ2n) is 3.47. The molecule has 0 aromatic rings. The summed E-state index contributed by atoms with van der Waals surface area (Å²) in [4.78, 5) is 0. The van der Waals surface area contributed by atoms with Gasteiger partial charge in [0.25, 0.3) is 0 Å². The molecule has 0 aromatic heterocycles. The van der Waals surface area contributed by atoms with E-state index < -0.39 is 0 Å². The van der Waals surface area contributed by atoms with Crippen LogP contribution in [0.2, 0.25) is 0 Å². The highest BCUT2D eigenvalue weighted by Crippen LogP contribution is 2.20. The third-order valence-corrected chi connectivity index (χ3v) is 2.43. The van der Waals surface area contributed by atoms with E-state index in [9.17, 15) is 0 Å². The maximum absolute atomic E-state index is 9.05. The Balaban J connectivity index is 2.32. The number of hydrogen-bond acceptors (Lipinski definition) is 4. The molecule has 0 amide bonds. The van der Waals surface area contributed by atoms with Crippen molar-refractivity contribution in [3.05, 3.63) is 0 Å². The van der Waals surface area contributed by atoms with Crippen molar-refractivity contribution in [2.24, 2.45) is 10.9 Å². The lowest BCUT2D eigenvalue weighted by Crippen LogP contribution is -2.52. The highest BCUT2D eigenvalue weighted by atomic mass is 16.4. The van der Waals surface area contributed by atoms with Gasteiger partial charge in [-0.2, -0.15) is 0 Å². The van der Waals surface area contributed by atoms with Gasteiger partial charge in [0, 0.05) is 6.04 Å². The van der Waals surface area contributed by atoms with Gasteiger partial charge in [0.05, 0.1) is 12.1 Å². The first-order valence-electron chi connectivity index (χ1n) is 4.58. The molecule has 0 radical (unpaired) electrons. The monoisotopic (exact) mass is 187 g/mol. The molecule has 0 heterocycles. The Morgan fingerprint density at radius 1 is 1.69 bits per heavy atom. The quantitative estimate of drug-likeness (QED) is 0.209. The van der Waals surface area contributed by atoms with Crippen molar-refractivity contribution in [3.63, 3.8) is 0 Å². The van der Waals surface area contributed by atoms with Gasteiger partial charge in [-0.15, -0.1) is 0 Å². The van der Waals surface area contributed by atoms with Crippen molar-refractivity contribution >= 4 is 5.84 Å². The van der Waals surface area contributed by atoms with Gasteiger partial charge in [0.2, 0.25) is 0 Å². The van der Waals surface area contributed by atoms with Gasteiger partial charge in [-0.3, -0.25) is 0 Å². The van der Waals surface area contributed by atoms with Crippen LogP contribution in [0.4, 0.5) is 0 Å². The zero-order chi connectivity index (χ0) is 9.84. The number of nitrogens with two attached hydrogens (primary N) is 1. The summed E-state index contributed by atoms with van der Waals surface area (Å²) in [5.74, 6) is 0.212. The highest BCUT2D eigenvalue weighted by molar-refractivity contribution is 5.85. The summed E-state index contributed by atoms with van der Waals surface area (Å²) in [5.41, 5.74) is 5.46. The number of oxime groups is 1. The van der Waals surface area contributed by atoms with E-state index in [1.807, 2.05) is 6.92 Å². The molecule has 1 aliphatic rings. The molecule has 1 atom stereocenters. The van der Waals surface area contributed by atoms with Gasteiger partial charge < -0.3 is 21.4 Å². The molecule has 76 valence electrons. The summed E-state index contributed by atoms with van der Waals surface area (Å²) < 4.78 is 0. The minimum Gasteiger partial charge on any atom is -0.409 e. The van der Waals surface area contributed by atoms with Crippen LogP contribution in [0, 0.1) is 0 Å². The van der Waals surface area contributed by atoms with Crippen molar-refractivity contribution in [1.82, 2.24) is 5.32 Å². The Morgan fingerprint density at radius 3 is 2.69 bits per heavy atom. The Kier molecular flexibility index (Phi) is 3.50. The zero-order valence-electron chi connectivity index (χ0n) is 7.77. The molecule has 1 rings (SSSR count). The Labute approximate surface area is 77.6 Å². The van der Waals surface area contributed by atoms with Crippen LogP contribution in [-0.4, -0.2) is 34.3 Å². The van der Waals surface area contributed by atoms with E-state index in [4.69, 9.17) is 16.0 Å². The molecule has 0 aromatic carbocycles. The average Bonchev–Trinajstić information content (AvgIpc) is 2.09. The minimum absolute atomic E-state index is 0.0810. The first kappa shape index (κ1) is 10.3. The molecule has 1 unspecified atom stereocenters. The summed E-state index contributed by atoms with van der Waals surface area (Å²) in [6, 6.07) is 0.225. The number of rotatable bonds is 4. The van der Waals surface area contributed by atoms with Crippen LogP contribution in [0.1, 0.15) is 26.2 Å². The number of aliphatic hydroxyl groups is 1. The van der Waals surface area contributed by atoms with E-state index in [1.54, 1.807) is 0 Å². The van der Waals surface area contributed by atoms with Crippen molar-refractivity contribution in [3.8, 4) is 0 Å². The Bertz CT molecular complexity index is 190. The van der Waals surface area contributed by atoms with E-state index in [2.05, 4.69) is 10.5 Å². The second kappa shape index (κ2) is 4.43. The van der Waals surface area contributed by atoms with E-state index in [0.29, 0.717) is 6.04 Å². The van der Waals surface area contributed by atoms with Crippen LogP contribution >= 0.6 is 0 Å². The molecule has 0 bridgehead atoms.